The Morgan fingerprint density at radius 3 is 2.62 bits per heavy atom. The maximum Gasteiger partial charge on any atom is 0.352 e. The number of nitrogens with zero attached hydrogens (tertiary/aromatic N) is 3. The highest BCUT2D eigenvalue weighted by molar-refractivity contribution is 8.00. The van der Waals surface area contributed by atoms with Crippen molar-refractivity contribution in [2.24, 2.45) is 5.16 Å². The second-order valence-electron chi connectivity index (χ2n) is 6.58. The number of amides is 2. The number of carboxylic acid groups (broad SMARTS) is 2. The van der Waals surface area contributed by atoms with Crippen LogP contribution in [0.5, 0.6) is 0 Å². The highest BCUT2D eigenvalue weighted by Gasteiger charge is 2.54. The number of thiazole rings is 1. The molecule has 3 heterocycles. The number of nitrogens with two attached hydrogens (primary N) is 1. The molecule has 184 valence electrons. The second-order valence-corrected chi connectivity index (χ2v) is 8.57. The summed E-state index contributed by atoms with van der Waals surface area (Å²) in [4.78, 5) is 68.5. The Morgan fingerprint density at radius 1 is 1.35 bits per heavy atom. The van der Waals surface area contributed by atoms with Gasteiger partial charge >= 0.3 is 17.9 Å². The van der Waals surface area contributed by atoms with Crippen molar-refractivity contribution in [1.82, 2.24) is 15.2 Å². The van der Waals surface area contributed by atoms with E-state index < -0.39 is 53.5 Å². The highest BCUT2D eigenvalue weighted by Crippen LogP contribution is 2.40. The van der Waals surface area contributed by atoms with Gasteiger partial charge in [0.25, 0.3) is 11.8 Å². The summed E-state index contributed by atoms with van der Waals surface area (Å²) in [6.07, 6.45) is 0. The summed E-state index contributed by atoms with van der Waals surface area (Å²) in [5, 5.41) is 25.0. The number of aromatic nitrogens is 1. The normalized spacial score (nSPS) is 19.4. The van der Waals surface area contributed by atoms with Crippen molar-refractivity contribution >= 4 is 76.1 Å². The summed E-state index contributed by atoms with van der Waals surface area (Å²) >= 11 is 2.18. The monoisotopic (exact) mass is 535 g/mol. The molecule has 0 aliphatic carbocycles. The van der Waals surface area contributed by atoms with E-state index in [1.165, 1.54) is 24.1 Å². The van der Waals surface area contributed by atoms with Crippen LogP contribution >= 0.6 is 35.5 Å². The number of aliphatic carboxylic acids is 2. The van der Waals surface area contributed by atoms with Crippen LogP contribution in [0.15, 0.2) is 21.8 Å². The molecule has 34 heavy (non-hydrogen) atoms. The number of fused-ring (bicyclic) bond motifs is 1. The largest absolute Gasteiger partial charge is 0.479 e. The molecular weight excluding hydrogens is 518 g/mol. The molecule has 5 N–H and O–H groups in total. The van der Waals surface area contributed by atoms with E-state index in [2.05, 4.69) is 20.3 Å². The SMILES string of the molecule is CC(=O)OCC1=C(C(=O)O)N2C(=O)[C@@H](NC(=O)/C(=N\OCC(=O)O)c3csc(N)n3)[C@H]2SC1.Cl. The molecule has 1 fully saturated rings. The Bertz CT molecular complexity index is 1090. The van der Waals surface area contributed by atoms with Gasteiger partial charge in [-0.2, -0.15) is 0 Å². The molecule has 2 aliphatic rings. The minimum absolute atomic E-state index is 0. The van der Waals surface area contributed by atoms with Crippen molar-refractivity contribution in [3.05, 3.63) is 22.3 Å². The minimum Gasteiger partial charge on any atom is -0.479 e. The molecule has 0 radical (unpaired) electrons. The van der Waals surface area contributed by atoms with Crippen LogP contribution in [-0.2, 0) is 33.5 Å². The molecule has 0 spiro atoms. The minimum atomic E-state index is -1.37. The molecule has 2 atom stereocenters. The van der Waals surface area contributed by atoms with Gasteiger partial charge in [0.05, 0.1) is 0 Å². The number of hydrogen-bond donors (Lipinski definition) is 4. The van der Waals surface area contributed by atoms with Crippen molar-refractivity contribution < 1.29 is 43.8 Å². The van der Waals surface area contributed by atoms with Crippen molar-refractivity contribution in [2.45, 2.75) is 18.3 Å². The van der Waals surface area contributed by atoms with Crippen molar-refractivity contribution in [3.63, 3.8) is 0 Å². The first-order valence-corrected chi connectivity index (χ1v) is 11.0. The number of carbonyl (C=O) groups excluding carboxylic acids is 3. The summed E-state index contributed by atoms with van der Waals surface area (Å²) in [6, 6.07) is -1.09. The van der Waals surface area contributed by atoms with Crippen LogP contribution in [0, 0.1) is 0 Å². The smallest absolute Gasteiger partial charge is 0.352 e. The number of anilines is 1. The fraction of sp³-hybridized carbons (Fsp3) is 0.353. The molecule has 2 aliphatic heterocycles. The van der Waals surface area contributed by atoms with Crippen molar-refractivity contribution in [1.29, 1.82) is 0 Å². The van der Waals surface area contributed by atoms with Gasteiger partial charge in [0.1, 0.15) is 29.4 Å². The lowest BCUT2D eigenvalue weighted by Gasteiger charge is -2.49. The standard InChI is InChI=1S/C17H17N5O9S2.ClH/c1-6(23)30-2-7-4-32-15-11(14(27)22(15)12(7)16(28)29)20-13(26)10(21-31-3-9(24)25)8-5-33-17(18)19-8;/h5,11,15H,2-4H2,1H3,(H2,18,19)(H,20,26)(H,24,25)(H,28,29);1H/b21-10-;/t11-,15-;/m1./s1. The van der Waals surface area contributed by atoms with Crippen LogP contribution in [0.3, 0.4) is 0 Å². The number of nitrogens with one attached hydrogen (secondary N) is 1. The second kappa shape index (κ2) is 11.2. The Labute approximate surface area is 205 Å². The molecule has 0 saturated carbocycles. The average molecular weight is 536 g/mol. The number of halogens is 1. The third-order valence-corrected chi connectivity index (χ3v) is 6.32. The molecule has 2 amide bonds. The van der Waals surface area contributed by atoms with Crippen molar-refractivity contribution in [3.8, 4) is 0 Å². The van der Waals surface area contributed by atoms with Gasteiger partial charge in [-0.05, 0) is 0 Å². The zero-order chi connectivity index (χ0) is 24.3. The van der Waals surface area contributed by atoms with E-state index in [9.17, 15) is 29.1 Å². The summed E-state index contributed by atoms with van der Waals surface area (Å²) < 4.78 is 4.86. The van der Waals surface area contributed by atoms with Crippen LogP contribution < -0.4 is 11.1 Å². The molecule has 0 bridgehead atoms. The number of rotatable bonds is 9. The Hall–Kier alpha value is -3.37. The zero-order valence-corrected chi connectivity index (χ0v) is 19.7. The van der Waals surface area contributed by atoms with Gasteiger partial charge in [0.2, 0.25) is 6.61 Å². The van der Waals surface area contributed by atoms with E-state index in [1.807, 2.05) is 0 Å². The van der Waals surface area contributed by atoms with Crippen LogP contribution in [0.1, 0.15) is 12.6 Å². The average Bonchev–Trinajstić information content (AvgIpc) is 3.17. The van der Waals surface area contributed by atoms with E-state index >= 15 is 0 Å². The Kier molecular flexibility index (Phi) is 8.83. The van der Waals surface area contributed by atoms with Gasteiger partial charge < -0.3 is 30.8 Å². The maximum absolute atomic E-state index is 12.8. The molecule has 1 aromatic rings. The summed E-state index contributed by atoms with van der Waals surface area (Å²) in [6.45, 7) is 0.0821. The number of nitrogen functional groups attached to an aromatic ring is 1. The van der Waals surface area contributed by atoms with E-state index in [-0.39, 0.29) is 46.9 Å². The number of oxime groups is 1. The Balaban J connectivity index is 0.00000408. The van der Waals surface area contributed by atoms with E-state index in [0.717, 1.165) is 16.2 Å². The summed E-state index contributed by atoms with van der Waals surface area (Å²) in [7, 11) is 0. The zero-order valence-electron chi connectivity index (χ0n) is 17.2. The molecule has 0 unspecified atom stereocenters. The number of hydrogen-bond acceptors (Lipinski definition) is 12. The van der Waals surface area contributed by atoms with Crippen LogP contribution in [0.25, 0.3) is 0 Å². The molecule has 1 aromatic heterocycles. The quantitative estimate of drug-likeness (QED) is 0.133. The Morgan fingerprint density at radius 2 is 2.06 bits per heavy atom. The number of β-lactam (4-membered cyclic amide) rings is 1. The fourth-order valence-corrected chi connectivity index (χ4v) is 4.82. The van der Waals surface area contributed by atoms with Gasteiger partial charge in [-0.25, -0.2) is 14.6 Å². The lowest BCUT2D eigenvalue weighted by atomic mass is 10.0. The molecule has 1 saturated heterocycles. The van der Waals surface area contributed by atoms with Crippen molar-refractivity contribution in [2.75, 3.05) is 24.7 Å². The number of carbonyl (C=O) groups is 5. The maximum atomic E-state index is 12.8. The number of ether oxygens (including phenoxy) is 1. The molecule has 3 rings (SSSR count). The van der Waals surface area contributed by atoms with E-state index in [4.69, 9.17) is 15.6 Å². The first-order chi connectivity index (χ1) is 15.6. The lowest BCUT2D eigenvalue weighted by Crippen LogP contribution is -2.71. The third kappa shape index (κ3) is 5.75. The number of esters is 1. The number of thioether (sulfide) groups is 1. The van der Waals surface area contributed by atoms with Crippen LogP contribution in [0.4, 0.5) is 5.13 Å². The van der Waals surface area contributed by atoms with E-state index in [1.54, 1.807) is 0 Å². The summed E-state index contributed by atoms with van der Waals surface area (Å²) in [5.41, 5.74) is 5.12. The predicted molar refractivity (Wildman–Crippen MR) is 120 cm³/mol. The molecular formula is C17H18ClN5O9S2. The fourth-order valence-electron chi connectivity index (χ4n) is 2.95. The lowest BCUT2D eigenvalue weighted by molar-refractivity contribution is -0.150. The summed E-state index contributed by atoms with van der Waals surface area (Å²) in [5.74, 6) is -4.72. The highest BCUT2D eigenvalue weighted by atomic mass is 35.5. The van der Waals surface area contributed by atoms with Crippen LogP contribution in [0.2, 0.25) is 0 Å². The van der Waals surface area contributed by atoms with Gasteiger partial charge in [-0.3, -0.25) is 19.3 Å². The predicted octanol–water partition coefficient (Wildman–Crippen LogP) is -0.746. The van der Waals surface area contributed by atoms with Gasteiger partial charge in [0, 0.05) is 23.6 Å². The van der Waals surface area contributed by atoms with Gasteiger partial charge in [0.15, 0.2) is 10.8 Å². The number of carboxylic acids is 2. The van der Waals surface area contributed by atoms with Gasteiger partial charge in [-0.1, -0.05) is 5.16 Å². The first-order valence-electron chi connectivity index (χ1n) is 9.07. The van der Waals surface area contributed by atoms with E-state index in [0.29, 0.717) is 0 Å². The first kappa shape index (κ1) is 26.9. The third-order valence-electron chi connectivity index (χ3n) is 4.31. The van der Waals surface area contributed by atoms with Crippen LogP contribution in [-0.4, -0.2) is 85.9 Å². The molecule has 14 nitrogen and oxygen atoms in total. The molecule has 17 heteroatoms. The molecule has 0 aromatic carbocycles. The topological polar surface area (TPSA) is 211 Å². The van der Waals surface area contributed by atoms with Gasteiger partial charge in [-0.15, -0.1) is 35.5 Å².